The Hall–Kier alpha value is -2.09. The number of piperidine rings is 2. The molecule has 242 valence electrons. The summed E-state index contributed by atoms with van der Waals surface area (Å²) in [6, 6.07) is -2.45. The van der Waals surface area contributed by atoms with Gasteiger partial charge in [0.1, 0.15) is 12.2 Å². The van der Waals surface area contributed by atoms with E-state index in [9.17, 15) is 22.4 Å². The summed E-state index contributed by atoms with van der Waals surface area (Å²) in [5, 5.41) is 6.75. The molecule has 2 amide bonds. The Morgan fingerprint density at radius 1 is 1.07 bits per heavy atom. The molecule has 2 aliphatic heterocycles. The first kappa shape index (κ1) is 30.9. The summed E-state index contributed by atoms with van der Waals surface area (Å²) in [5.74, 6) is -2.62. The highest BCUT2D eigenvalue weighted by molar-refractivity contribution is 5.75. The Morgan fingerprint density at radius 3 is 2.30 bits per heavy atom. The van der Waals surface area contributed by atoms with E-state index in [2.05, 4.69) is 15.5 Å². The topological polar surface area (TPSA) is 77.7 Å². The van der Waals surface area contributed by atoms with Crippen molar-refractivity contribution in [2.45, 2.75) is 119 Å². The Labute approximate surface area is 247 Å². The van der Waals surface area contributed by atoms with E-state index >= 15 is 8.78 Å². The molecular formula is C29H42F6N6O2. The maximum atomic E-state index is 15.3. The Morgan fingerprint density at radius 2 is 1.72 bits per heavy atom. The molecule has 1 aromatic rings. The molecule has 0 bridgehead atoms. The van der Waals surface area contributed by atoms with Gasteiger partial charge in [0.2, 0.25) is 5.89 Å². The molecule has 0 spiro atoms. The van der Waals surface area contributed by atoms with Crippen LogP contribution in [0.3, 0.4) is 0 Å². The molecule has 1 N–H and O–H groups in total. The van der Waals surface area contributed by atoms with Crippen LogP contribution < -0.4 is 5.32 Å². The quantitative estimate of drug-likeness (QED) is 0.420. The van der Waals surface area contributed by atoms with Crippen LogP contribution in [0.25, 0.3) is 0 Å². The number of urea groups is 1. The molecule has 5 fully saturated rings. The first-order valence-electron chi connectivity index (χ1n) is 15.6. The third-order valence-electron chi connectivity index (χ3n) is 10.9. The lowest BCUT2D eigenvalue weighted by Crippen LogP contribution is -2.65. The standard InChI is InChI=1S/C29H42F6N6O2/c1-26(24-37-23(43-38-24)19-16-20(19)30)10-14-41(15-11-26)25(42)36-22-21(4-3-7-28(22,31)32)40-12-5-18(6-13-40)39(2)17-27(8-9-27)29(33,34)35/h18-22H,3-17H2,1-2H3,(H,36,42)/t19-,20+,21+,22-/m1/s1. The number of aromatic nitrogens is 2. The van der Waals surface area contributed by atoms with Gasteiger partial charge in [-0.1, -0.05) is 12.1 Å². The van der Waals surface area contributed by atoms with Crippen molar-refractivity contribution in [2.24, 2.45) is 5.41 Å². The number of carbonyl (C=O) groups excluding carboxylic acids is 1. The molecule has 0 unspecified atom stereocenters. The molecule has 3 heterocycles. The number of halogens is 6. The number of hydrogen-bond acceptors (Lipinski definition) is 6. The molecule has 6 rings (SSSR count). The lowest BCUT2D eigenvalue weighted by atomic mass is 9.79. The highest BCUT2D eigenvalue weighted by atomic mass is 19.4. The number of rotatable bonds is 7. The van der Waals surface area contributed by atoms with Crippen molar-refractivity contribution in [3.63, 3.8) is 0 Å². The Balaban J connectivity index is 1.03. The van der Waals surface area contributed by atoms with E-state index in [1.807, 2.05) is 11.8 Å². The zero-order valence-corrected chi connectivity index (χ0v) is 24.8. The van der Waals surface area contributed by atoms with Crippen LogP contribution in [0.4, 0.5) is 31.1 Å². The van der Waals surface area contributed by atoms with E-state index in [0.29, 0.717) is 82.8 Å². The summed E-state index contributed by atoms with van der Waals surface area (Å²) < 4.78 is 89.8. The molecule has 4 atom stereocenters. The molecule has 43 heavy (non-hydrogen) atoms. The Kier molecular flexibility index (Phi) is 7.95. The molecule has 3 aliphatic carbocycles. The fourth-order valence-electron chi connectivity index (χ4n) is 7.39. The van der Waals surface area contributed by atoms with E-state index in [1.54, 1.807) is 16.8 Å². The normalized spacial score (nSPS) is 32.5. The molecule has 1 aromatic heterocycles. The highest BCUT2D eigenvalue weighted by Crippen LogP contribution is 2.58. The molecular weight excluding hydrogens is 578 g/mol. The predicted octanol–water partition coefficient (Wildman–Crippen LogP) is 5.25. The monoisotopic (exact) mass is 620 g/mol. The minimum absolute atomic E-state index is 0.0251. The van der Waals surface area contributed by atoms with Gasteiger partial charge < -0.3 is 19.6 Å². The van der Waals surface area contributed by atoms with Gasteiger partial charge in [-0.25, -0.2) is 18.0 Å². The Bertz CT molecular complexity index is 1160. The van der Waals surface area contributed by atoms with Crippen molar-refractivity contribution >= 4 is 6.03 Å². The van der Waals surface area contributed by atoms with Crippen LogP contribution >= 0.6 is 0 Å². The SMILES string of the molecule is CN(CC1(C(F)(F)F)CC1)C1CCN([C@H]2CCCC(F)(F)[C@@H]2NC(=O)N2CCC(C)(c3noc([C@@H]4C[C@@H]4F)n3)CC2)CC1. The van der Waals surface area contributed by atoms with Crippen molar-refractivity contribution in [1.82, 2.24) is 30.2 Å². The molecule has 0 aromatic carbocycles. The largest absolute Gasteiger partial charge is 0.395 e. The fraction of sp³-hybridized carbons (Fsp3) is 0.897. The molecule has 5 aliphatic rings. The maximum Gasteiger partial charge on any atom is 0.395 e. The maximum absolute atomic E-state index is 15.3. The predicted molar refractivity (Wildman–Crippen MR) is 145 cm³/mol. The van der Waals surface area contributed by atoms with Crippen LogP contribution in [0.5, 0.6) is 0 Å². The summed E-state index contributed by atoms with van der Waals surface area (Å²) in [7, 11) is 1.73. The van der Waals surface area contributed by atoms with Crippen molar-refractivity contribution in [3.05, 3.63) is 11.7 Å². The number of carbonyl (C=O) groups is 1. The van der Waals surface area contributed by atoms with Gasteiger partial charge in [0.15, 0.2) is 5.82 Å². The lowest BCUT2D eigenvalue weighted by Gasteiger charge is -2.48. The van der Waals surface area contributed by atoms with E-state index in [1.165, 1.54) is 0 Å². The van der Waals surface area contributed by atoms with E-state index in [-0.39, 0.29) is 37.8 Å². The van der Waals surface area contributed by atoms with Crippen molar-refractivity contribution in [3.8, 4) is 0 Å². The molecule has 0 radical (unpaired) electrons. The van der Waals surface area contributed by atoms with Crippen molar-refractivity contribution < 1.29 is 35.7 Å². The lowest BCUT2D eigenvalue weighted by molar-refractivity contribution is -0.192. The van der Waals surface area contributed by atoms with Gasteiger partial charge in [-0.3, -0.25) is 4.90 Å². The van der Waals surface area contributed by atoms with Crippen molar-refractivity contribution in [2.75, 3.05) is 39.8 Å². The fourth-order valence-corrected chi connectivity index (χ4v) is 7.39. The molecule has 14 heteroatoms. The number of hydrogen-bond donors (Lipinski definition) is 1. The average molecular weight is 621 g/mol. The first-order chi connectivity index (χ1) is 20.2. The van der Waals surface area contributed by atoms with Crippen LogP contribution in [0.15, 0.2) is 4.52 Å². The second-order valence-corrected chi connectivity index (χ2v) is 14.0. The van der Waals surface area contributed by atoms with Gasteiger partial charge in [-0.05, 0) is 64.8 Å². The number of nitrogens with zero attached hydrogens (tertiary/aromatic N) is 5. The zero-order chi connectivity index (χ0) is 30.8. The van der Waals surface area contributed by atoms with Gasteiger partial charge in [0.25, 0.3) is 5.92 Å². The number of nitrogens with one attached hydrogen (secondary N) is 1. The summed E-state index contributed by atoms with van der Waals surface area (Å²) in [5.41, 5.74) is -2.07. The smallest absolute Gasteiger partial charge is 0.339 e. The molecule has 2 saturated heterocycles. The second kappa shape index (κ2) is 11.1. The summed E-state index contributed by atoms with van der Waals surface area (Å²) in [6.07, 6.45) is -1.64. The van der Waals surface area contributed by atoms with Crippen LogP contribution in [-0.2, 0) is 5.41 Å². The number of alkyl halides is 6. The number of likely N-dealkylation sites (tertiary alicyclic amines) is 2. The van der Waals surface area contributed by atoms with Gasteiger partial charge >= 0.3 is 12.2 Å². The number of amides is 2. The molecule has 3 saturated carbocycles. The van der Waals surface area contributed by atoms with E-state index in [4.69, 9.17) is 4.52 Å². The summed E-state index contributed by atoms with van der Waals surface area (Å²) >= 11 is 0. The average Bonchev–Trinajstić information content (AvgIpc) is 3.85. The van der Waals surface area contributed by atoms with E-state index in [0.717, 1.165) is 0 Å². The second-order valence-electron chi connectivity index (χ2n) is 14.0. The van der Waals surface area contributed by atoms with Crippen LogP contribution in [-0.4, -0.2) is 107 Å². The third-order valence-corrected chi connectivity index (χ3v) is 10.9. The van der Waals surface area contributed by atoms with Gasteiger partial charge in [-0.15, -0.1) is 0 Å². The molecule has 8 nitrogen and oxygen atoms in total. The third kappa shape index (κ3) is 6.11. The first-order valence-corrected chi connectivity index (χ1v) is 15.6. The summed E-state index contributed by atoms with van der Waals surface area (Å²) in [4.78, 5) is 23.1. The van der Waals surface area contributed by atoms with Crippen LogP contribution in [0.1, 0.15) is 88.8 Å². The van der Waals surface area contributed by atoms with Crippen LogP contribution in [0.2, 0.25) is 0 Å². The minimum atomic E-state index is -4.21. The van der Waals surface area contributed by atoms with Gasteiger partial charge in [-0.2, -0.15) is 18.2 Å². The van der Waals surface area contributed by atoms with Gasteiger partial charge in [0.05, 0.1) is 11.3 Å². The zero-order valence-electron chi connectivity index (χ0n) is 24.8. The highest BCUT2D eigenvalue weighted by Gasteiger charge is 2.63. The van der Waals surface area contributed by atoms with Gasteiger partial charge in [0, 0.05) is 56.6 Å². The van der Waals surface area contributed by atoms with Crippen molar-refractivity contribution in [1.29, 1.82) is 0 Å². The van der Waals surface area contributed by atoms with Crippen LogP contribution in [0, 0.1) is 5.41 Å². The minimum Gasteiger partial charge on any atom is -0.339 e. The van der Waals surface area contributed by atoms with E-state index < -0.39 is 47.2 Å². The summed E-state index contributed by atoms with van der Waals surface area (Å²) in [6.45, 7) is 3.61.